The number of carbonyl (C=O) groups is 2. The number of nitrogens with one attached hydrogen (secondary N) is 1. The van der Waals surface area contributed by atoms with Crippen molar-refractivity contribution in [2.45, 2.75) is 0 Å². The van der Waals surface area contributed by atoms with Crippen LogP contribution in [0.4, 0.5) is 5.69 Å². The van der Waals surface area contributed by atoms with Gasteiger partial charge in [-0.25, -0.2) is 9.59 Å². The number of rotatable bonds is 4. The summed E-state index contributed by atoms with van der Waals surface area (Å²) in [5.41, 5.74) is -0.592. The highest BCUT2D eigenvalue weighted by Crippen LogP contribution is 2.21. The zero-order chi connectivity index (χ0) is 12.1. The number of phenolic OH excluding ortho intramolecular Hbond substituents is 1. The van der Waals surface area contributed by atoms with Crippen molar-refractivity contribution in [2.24, 2.45) is 0 Å². The molecule has 0 heterocycles. The van der Waals surface area contributed by atoms with Crippen molar-refractivity contribution in [2.75, 3.05) is 5.32 Å². The Morgan fingerprint density at radius 2 is 1.69 bits per heavy atom. The standard InChI is InChI=1S/C10H9NO5/c12-8-4-2-1-3-7(8)11-5-6(9(13)14)10(15)16/h1-5,11-12H,(H,13,14)(H,15,16). The highest BCUT2D eigenvalue weighted by molar-refractivity contribution is 6.12. The summed E-state index contributed by atoms with van der Waals surface area (Å²) in [4.78, 5) is 21.0. The van der Waals surface area contributed by atoms with Gasteiger partial charge in [0.2, 0.25) is 0 Å². The van der Waals surface area contributed by atoms with Crippen LogP contribution < -0.4 is 5.32 Å². The Hall–Kier alpha value is -2.50. The zero-order valence-electron chi connectivity index (χ0n) is 8.04. The summed E-state index contributed by atoms with van der Waals surface area (Å²) in [6.07, 6.45) is 0.805. The lowest BCUT2D eigenvalue weighted by molar-refractivity contribution is -0.140. The van der Waals surface area contributed by atoms with Crippen LogP contribution in [0.1, 0.15) is 0 Å². The van der Waals surface area contributed by atoms with Gasteiger partial charge in [0.05, 0.1) is 5.69 Å². The van der Waals surface area contributed by atoms with Gasteiger partial charge in [0.1, 0.15) is 5.75 Å². The van der Waals surface area contributed by atoms with E-state index in [9.17, 15) is 14.7 Å². The molecule has 16 heavy (non-hydrogen) atoms. The molecular formula is C10H9NO5. The molecule has 1 rings (SSSR count). The minimum Gasteiger partial charge on any atom is -0.506 e. The maximum Gasteiger partial charge on any atom is 0.344 e. The predicted octanol–water partition coefficient (Wildman–Crippen LogP) is 0.857. The Morgan fingerprint density at radius 3 is 2.19 bits per heavy atom. The maximum absolute atomic E-state index is 10.5. The molecule has 0 radical (unpaired) electrons. The van der Waals surface area contributed by atoms with Gasteiger partial charge in [0.15, 0.2) is 5.57 Å². The molecule has 6 heteroatoms. The summed E-state index contributed by atoms with van der Waals surface area (Å²) >= 11 is 0. The summed E-state index contributed by atoms with van der Waals surface area (Å²) in [5, 5.41) is 28.8. The first kappa shape index (κ1) is 11.6. The molecule has 0 aliphatic heterocycles. The molecule has 6 nitrogen and oxygen atoms in total. The Kier molecular flexibility index (Phi) is 3.49. The van der Waals surface area contributed by atoms with Gasteiger partial charge in [-0.15, -0.1) is 0 Å². The van der Waals surface area contributed by atoms with E-state index in [-0.39, 0.29) is 11.4 Å². The van der Waals surface area contributed by atoms with E-state index < -0.39 is 17.5 Å². The van der Waals surface area contributed by atoms with Gasteiger partial charge in [0.25, 0.3) is 0 Å². The molecule has 0 amide bonds. The molecule has 0 saturated carbocycles. The Bertz CT molecular complexity index is 436. The molecule has 0 fully saturated rings. The molecule has 0 saturated heterocycles. The van der Waals surface area contributed by atoms with Crippen molar-refractivity contribution >= 4 is 17.6 Å². The third-order valence-electron chi connectivity index (χ3n) is 1.74. The average molecular weight is 223 g/mol. The molecule has 0 aromatic heterocycles. The van der Waals surface area contributed by atoms with Gasteiger partial charge in [-0.05, 0) is 12.1 Å². The van der Waals surface area contributed by atoms with E-state index in [2.05, 4.69) is 5.32 Å². The summed E-state index contributed by atoms with van der Waals surface area (Å²) in [6.45, 7) is 0. The SMILES string of the molecule is O=C(O)C(=CNc1ccccc1O)C(=O)O. The van der Waals surface area contributed by atoms with E-state index in [4.69, 9.17) is 10.2 Å². The van der Waals surface area contributed by atoms with E-state index in [1.54, 1.807) is 12.1 Å². The van der Waals surface area contributed by atoms with Crippen LogP contribution in [0.25, 0.3) is 0 Å². The summed E-state index contributed by atoms with van der Waals surface area (Å²) in [5.74, 6) is -3.22. The first-order valence-electron chi connectivity index (χ1n) is 4.23. The second kappa shape index (κ2) is 4.83. The Morgan fingerprint density at radius 1 is 1.12 bits per heavy atom. The molecule has 1 aromatic rings. The van der Waals surface area contributed by atoms with Crippen LogP contribution >= 0.6 is 0 Å². The van der Waals surface area contributed by atoms with E-state index in [0.717, 1.165) is 6.20 Å². The van der Waals surface area contributed by atoms with Gasteiger partial charge in [-0.2, -0.15) is 0 Å². The zero-order valence-corrected chi connectivity index (χ0v) is 8.04. The van der Waals surface area contributed by atoms with Crippen LogP contribution in [0.15, 0.2) is 36.0 Å². The Balaban J connectivity index is 2.90. The first-order valence-corrected chi connectivity index (χ1v) is 4.23. The van der Waals surface area contributed by atoms with Crippen LogP contribution in [0.2, 0.25) is 0 Å². The summed E-state index contributed by atoms with van der Waals surface area (Å²) < 4.78 is 0. The number of aliphatic carboxylic acids is 2. The predicted molar refractivity (Wildman–Crippen MR) is 55.1 cm³/mol. The van der Waals surface area contributed by atoms with E-state index in [1.165, 1.54) is 12.1 Å². The van der Waals surface area contributed by atoms with Crippen molar-refractivity contribution in [3.63, 3.8) is 0 Å². The second-order valence-corrected chi connectivity index (χ2v) is 2.83. The maximum atomic E-state index is 10.5. The van der Waals surface area contributed by atoms with Gasteiger partial charge in [-0.3, -0.25) is 0 Å². The fraction of sp³-hybridized carbons (Fsp3) is 0. The van der Waals surface area contributed by atoms with Gasteiger partial charge in [-0.1, -0.05) is 12.1 Å². The summed E-state index contributed by atoms with van der Waals surface area (Å²) in [7, 11) is 0. The lowest BCUT2D eigenvalue weighted by atomic mass is 10.2. The lowest BCUT2D eigenvalue weighted by Gasteiger charge is -2.03. The third-order valence-corrected chi connectivity index (χ3v) is 1.74. The number of hydrogen-bond donors (Lipinski definition) is 4. The molecule has 1 aromatic carbocycles. The van der Waals surface area contributed by atoms with Gasteiger partial charge < -0.3 is 20.6 Å². The number of carboxylic acid groups (broad SMARTS) is 2. The quantitative estimate of drug-likeness (QED) is 0.261. The van der Waals surface area contributed by atoms with E-state index >= 15 is 0 Å². The Labute approximate surface area is 90.5 Å². The highest BCUT2D eigenvalue weighted by Gasteiger charge is 2.15. The highest BCUT2D eigenvalue weighted by atomic mass is 16.4. The topological polar surface area (TPSA) is 107 Å². The monoisotopic (exact) mass is 223 g/mol. The number of aromatic hydroxyl groups is 1. The molecule has 84 valence electrons. The average Bonchev–Trinajstić information content (AvgIpc) is 2.20. The number of benzene rings is 1. The fourth-order valence-electron chi connectivity index (χ4n) is 0.961. The summed E-state index contributed by atoms with van der Waals surface area (Å²) in [6, 6.07) is 6.06. The van der Waals surface area contributed by atoms with Gasteiger partial charge >= 0.3 is 11.9 Å². The van der Waals surface area contributed by atoms with Crippen LogP contribution in [0.5, 0.6) is 5.75 Å². The van der Waals surface area contributed by atoms with Crippen molar-refractivity contribution in [3.8, 4) is 5.75 Å². The normalized spacial score (nSPS) is 9.25. The number of anilines is 1. The molecule has 4 N–H and O–H groups in total. The van der Waals surface area contributed by atoms with Crippen molar-refractivity contribution < 1.29 is 24.9 Å². The molecule has 0 aliphatic carbocycles. The van der Waals surface area contributed by atoms with Crippen LogP contribution in [0.3, 0.4) is 0 Å². The molecule has 0 spiro atoms. The van der Waals surface area contributed by atoms with Crippen molar-refractivity contribution in [1.29, 1.82) is 0 Å². The lowest BCUT2D eigenvalue weighted by Crippen LogP contribution is -2.12. The first-order chi connectivity index (χ1) is 7.52. The number of para-hydroxylation sites is 2. The molecule has 0 bridgehead atoms. The third kappa shape index (κ3) is 2.74. The van der Waals surface area contributed by atoms with Crippen LogP contribution in [0, 0.1) is 0 Å². The largest absolute Gasteiger partial charge is 0.506 e. The fourth-order valence-corrected chi connectivity index (χ4v) is 0.961. The van der Waals surface area contributed by atoms with Crippen molar-refractivity contribution in [1.82, 2.24) is 0 Å². The smallest absolute Gasteiger partial charge is 0.344 e. The minimum atomic E-state index is -1.56. The van der Waals surface area contributed by atoms with E-state index in [1.807, 2.05) is 0 Å². The molecule has 0 aliphatic rings. The minimum absolute atomic E-state index is 0.103. The second-order valence-electron chi connectivity index (χ2n) is 2.83. The molecule has 0 unspecified atom stereocenters. The van der Waals surface area contributed by atoms with Gasteiger partial charge in [0, 0.05) is 6.20 Å². The van der Waals surface area contributed by atoms with E-state index in [0.29, 0.717) is 0 Å². The van der Waals surface area contributed by atoms with Crippen LogP contribution in [-0.2, 0) is 9.59 Å². The number of carboxylic acids is 2. The van der Waals surface area contributed by atoms with Crippen molar-refractivity contribution in [3.05, 3.63) is 36.0 Å². The number of hydrogen-bond acceptors (Lipinski definition) is 4. The van der Waals surface area contributed by atoms with Crippen LogP contribution in [-0.4, -0.2) is 27.3 Å². The molecular weight excluding hydrogens is 214 g/mol. The number of phenols is 1. The molecule has 0 atom stereocenters.